The molecule has 2 aromatic carbocycles. The number of fused-ring (bicyclic) bond motifs is 1. The summed E-state index contributed by atoms with van der Waals surface area (Å²) in [6.45, 7) is 1.56. The van der Waals surface area contributed by atoms with E-state index in [-0.39, 0.29) is 5.56 Å². The molecule has 0 aliphatic rings. The number of likely N-dealkylation sites (N-methyl/N-ethyl adjacent to an activating group) is 1. The Kier molecular flexibility index (Phi) is 4.48. The van der Waals surface area contributed by atoms with E-state index >= 15 is 0 Å². The van der Waals surface area contributed by atoms with Crippen LogP contribution in [0.1, 0.15) is 10.4 Å². The molecule has 1 aromatic heterocycles. The monoisotopic (exact) mass is 325 g/mol. The number of rotatable bonds is 6. The quantitative estimate of drug-likeness (QED) is 0.674. The summed E-state index contributed by atoms with van der Waals surface area (Å²) in [5, 5.41) is 19.0. The van der Waals surface area contributed by atoms with Gasteiger partial charge in [-0.3, -0.25) is 5.10 Å². The Morgan fingerprint density at radius 1 is 1.21 bits per heavy atom. The normalized spacial score (nSPS) is 11.1. The molecule has 0 bridgehead atoms. The number of carboxylic acids is 1. The number of quaternary nitrogens is 1. The molecule has 24 heavy (non-hydrogen) atoms. The number of nitrogens with one attached hydrogen (secondary N) is 2. The maximum Gasteiger partial charge on any atom is 0.137 e. The fourth-order valence-corrected chi connectivity index (χ4v) is 2.53. The average Bonchev–Trinajstić information content (AvgIpc) is 2.99. The van der Waals surface area contributed by atoms with E-state index in [1.165, 1.54) is 11.0 Å². The van der Waals surface area contributed by atoms with Gasteiger partial charge in [-0.2, -0.15) is 5.10 Å². The number of carbonyl (C=O) groups is 1. The summed E-state index contributed by atoms with van der Waals surface area (Å²) in [6.07, 6.45) is 0. The SMILES string of the molecule is C[NH+](C)CCOc1ccc(-c2n[nH]c3cccc(C(=O)[O-])c23)cc1. The van der Waals surface area contributed by atoms with Crippen molar-refractivity contribution in [1.29, 1.82) is 0 Å². The fraction of sp³-hybridized carbons (Fsp3) is 0.222. The van der Waals surface area contributed by atoms with Gasteiger partial charge < -0.3 is 19.5 Å². The van der Waals surface area contributed by atoms with Gasteiger partial charge in [0.25, 0.3) is 0 Å². The highest BCUT2D eigenvalue weighted by atomic mass is 16.5. The van der Waals surface area contributed by atoms with Crippen LogP contribution in [0.15, 0.2) is 42.5 Å². The summed E-state index contributed by atoms with van der Waals surface area (Å²) >= 11 is 0. The summed E-state index contributed by atoms with van der Waals surface area (Å²) in [5.74, 6) is -0.436. The Morgan fingerprint density at radius 2 is 1.96 bits per heavy atom. The van der Waals surface area contributed by atoms with E-state index in [9.17, 15) is 9.90 Å². The largest absolute Gasteiger partial charge is 0.545 e. The second kappa shape index (κ2) is 6.72. The molecule has 0 fully saturated rings. The first kappa shape index (κ1) is 16.0. The molecule has 0 amide bonds. The van der Waals surface area contributed by atoms with Gasteiger partial charge in [0.2, 0.25) is 0 Å². The van der Waals surface area contributed by atoms with Crippen LogP contribution < -0.4 is 14.7 Å². The molecule has 0 unspecified atom stereocenters. The number of hydrogen-bond acceptors (Lipinski definition) is 4. The predicted octanol–water partition coefficient (Wildman–Crippen LogP) is 0.117. The Balaban J connectivity index is 1.89. The van der Waals surface area contributed by atoms with E-state index in [1.807, 2.05) is 24.3 Å². The van der Waals surface area contributed by atoms with Crippen molar-refractivity contribution >= 4 is 16.9 Å². The van der Waals surface area contributed by atoms with Crippen molar-refractivity contribution in [2.75, 3.05) is 27.2 Å². The van der Waals surface area contributed by atoms with Gasteiger partial charge in [0.15, 0.2) is 0 Å². The van der Waals surface area contributed by atoms with Crippen molar-refractivity contribution < 1.29 is 19.5 Å². The van der Waals surface area contributed by atoms with E-state index in [2.05, 4.69) is 24.3 Å². The van der Waals surface area contributed by atoms with Crippen LogP contribution in [0.2, 0.25) is 0 Å². The number of aromatic amines is 1. The zero-order valence-corrected chi connectivity index (χ0v) is 13.6. The highest BCUT2D eigenvalue weighted by Crippen LogP contribution is 2.30. The van der Waals surface area contributed by atoms with Crippen molar-refractivity contribution in [2.24, 2.45) is 0 Å². The van der Waals surface area contributed by atoms with Crippen LogP contribution in [0.5, 0.6) is 5.75 Å². The summed E-state index contributed by atoms with van der Waals surface area (Å²) in [4.78, 5) is 12.7. The Hall–Kier alpha value is -2.86. The zero-order valence-electron chi connectivity index (χ0n) is 13.6. The minimum absolute atomic E-state index is 0.130. The highest BCUT2D eigenvalue weighted by Gasteiger charge is 2.12. The van der Waals surface area contributed by atoms with Gasteiger partial charge in [-0.15, -0.1) is 0 Å². The average molecular weight is 325 g/mol. The molecule has 124 valence electrons. The van der Waals surface area contributed by atoms with Crippen LogP contribution in [-0.2, 0) is 0 Å². The van der Waals surface area contributed by atoms with Gasteiger partial charge in [-0.1, -0.05) is 12.1 Å². The van der Waals surface area contributed by atoms with Crippen LogP contribution >= 0.6 is 0 Å². The molecular formula is C18H19N3O3. The summed E-state index contributed by atoms with van der Waals surface area (Å²) in [7, 11) is 4.15. The maximum absolute atomic E-state index is 11.3. The molecule has 0 saturated heterocycles. The van der Waals surface area contributed by atoms with E-state index in [1.54, 1.807) is 12.1 Å². The van der Waals surface area contributed by atoms with Gasteiger partial charge in [0.05, 0.1) is 25.6 Å². The minimum Gasteiger partial charge on any atom is -0.545 e. The molecule has 3 aromatic rings. The van der Waals surface area contributed by atoms with Crippen LogP contribution in [0.25, 0.3) is 22.2 Å². The number of ether oxygens (including phenoxy) is 1. The second-order valence-electron chi connectivity index (χ2n) is 5.92. The molecule has 0 spiro atoms. The number of hydrogen-bond donors (Lipinski definition) is 2. The van der Waals surface area contributed by atoms with Gasteiger partial charge >= 0.3 is 0 Å². The molecule has 3 rings (SSSR count). The van der Waals surface area contributed by atoms with Crippen LogP contribution in [0.3, 0.4) is 0 Å². The predicted molar refractivity (Wildman–Crippen MR) is 89.0 cm³/mol. The summed E-state index contributed by atoms with van der Waals surface area (Å²) < 4.78 is 5.69. The third-order valence-electron chi connectivity index (χ3n) is 3.81. The molecule has 2 N–H and O–H groups in total. The molecule has 0 radical (unpaired) electrons. The fourth-order valence-electron chi connectivity index (χ4n) is 2.53. The first-order valence-electron chi connectivity index (χ1n) is 7.77. The lowest BCUT2D eigenvalue weighted by atomic mass is 10.0. The minimum atomic E-state index is -1.21. The molecule has 1 heterocycles. The number of carboxylic acid groups (broad SMARTS) is 1. The van der Waals surface area contributed by atoms with Gasteiger partial charge in [0.1, 0.15) is 24.6 Å². The van der Waals surface area contributed by atoms with Crippen molar-refractivity contribution in [3.8, 4) is 17.0 Å². The number of benzene rings is 2. The third kappa shape index (κ3) is 3.23. The van der Waals surface area contributed by atoms with E-state index < -0.39 is 5.97 Å². The van der Waals surface area contributed by atoms with Crippen LogP contribution in [0, 0.1) is 0 Å². The smallest absolute Gasteiger partial charge is 0.137 e. The molecule has 0 aliphatic carbocycles. The van der Waals surface area contributed by atoms with Crippen LogP contribution in [-0.4, -0.2) is 43.4 Å². The Bertz CT molecular complexity index is 854. The first-order chi connectivity index (χ1) is 11.6. The molecule has 0 saturated carbocycles. The van der Waals surface area contributed by atoms with Crippen molar-refractivity contribution in [2.45, 2.75) is 0 Å². The topological polar surface area (TPSA) is 82.5 Å². The number of carbonyl (C=O) groups excluding carboxylic acids is 1. The lowest BCUT2D eigenvalue weighted by Gasteiger charge is -2.10. The lowest BCUT2D eigenvalue weighted by Crippen LogP contribution is -3.06. The summed E-state index contributed by atoms with van der Waals surface area (Å²) in [6, 6.07) is 12.5. The maximum atomic E-state index is 11.3. The molecular weight excluding hydrogens is 306 g/mol. The number of nitrogens with zero attached hydrogens (tertiary/aromatic N) is 1. The Morgan fingerprint density at radius 3 is 2.62 bits per heavy atom. The number of aromatic nitrogens is 2. The second-order valence-corrected chi connectivity index (χ2v) is 5.92. The molecule has 0 aliphatic heterocycles. The molecule has 6 nitrogen and oxygen atoms in total. The van der Waals surface area contributed by atoms with E-state index in [0.717, 1.165) is 17.9 Å². The van der Waals surface area contributed by atoms with Crippen LogP contribution in [0.4, 0.5) is 0 Å². The van der Waals surface area contributed by atoms with E-state index in [4.69, 9.17) is 4.74 Å². The van der Waals surface area contributed by atoms with Crippen molar-refractivity contribution in [1.82, 2.24) is 10.2 Å². The van der Waals surface area contributed by atoms with Gasteiger partial charge in [0, 0.05) is 16.5 Å². The number of H-pyrrole nitrogens is 1. The Labute approximate surface area is 139 Å². The summed E-state index contributed by atoms with van der Waals surface area (Å²) in [5.41, 5.74) is 2.21. The van der Waals surface area contributed by atoms with Gasteiger partial charge in [-0.25, -0.2) is 0 Å². The zero-order chi connectivity index (χ0) is 17.1. The first-order valence-corrected chi connectivity index (χ1v) is 7.77. The third-order valence-corrected chi connectivity index (χ3v) is 3.81. The highest BCUT2D eigenvalue weighted by molar-refractivity contribution is 6.07. The van der Waals surface area contributed by atoms with Gasteiger partial charge in [-0.05, 0) is 30.3 Å². The number of aromatic carboxylic acids is 1. The molecule has 0 atom stereocenters. The standard InChI is InChI=1S/C18H19N3O3/c1-21(2)10-11-24-13-8-6-12(7-9-13)17-16-14(18(22)23)4-3-5-15(16)19-20-17/h3-9H,10-11H2,1-2H3,(H,19,20)(H,22,23). The van der Waals surface area contributed by atoms with Crippen molar-refractivity contribution in [3.05, 3.63) is 48.0 Å². The molecule has 6 heteroatoms. The van der Waals surface area contributed by atoms with E-state index in [0.29, 0.717) is 23.2 Å². The van der Waals surface area contributed by atoms with Crippen molar-refractivity contribution in [3.63, 3.8) is 0 Å². The lowest BCUT2D eigenvalue weighted by molar-refractivity contribution is -0.858.